The smallest absolute Gasteiger partial charge is 0.160 e. The van der Waals surface area contributed by atoms with E-state index < -0.39 is 9.84 Å². The third-order valence-corrected chi connectivity index (χ3v) is 5.09. The van der Waals surface area contributed by atoms with Crippen molar-refractivity contribution in [1.82, 2.24) is 10.3 Å². The molecular formula is C11H14N4O3S. The van der Waals surface area contributed by atoms with E-state index in [1.54, 1.807) is 12.1 Å². The molecule has 1 saturated heterocycles. The minimum atomic E-state index is -2.95. The maximum Gasteiger partial charge on any atom is 0.160 e. The molecule has 3 rings (SSSR count). The number of hydrogen-bond acceptors (Lipinski definition) is 7. The van der Waals surface area contributed by atoms with E-state index in [0.29, 0.717) is 28.8 Å². The van der Waals surface area contributed by atoms with Gasteiger partial charge in [0.05, 0.1) is 22.9 Å². The first-order valence-electron chi connectivity index (χ1n) is 6.03. The van der Waals surface area contributed by atoms with Crippen molar-refractivity contribution in [3.05, 3.63) is 12.1 Å². The maximum absolute atomic E-state index is 11.6. The van der Waals surface area contributed by atoms with Crippen LogP contribution in [-0.4, -0.2) is 36.3 Å². The predicted octanol–water partition coefficient (Wildman–Crippen LogP) is 0.794. The van der Waals surface area contributed by atoms with Crippen molar-refractivity contribution in [3.63, 3.8) is 0 Å². The first-order chi connectivity index (χ1) is 9.05. The van der Waals surface area contributed by atoms with Crippen LogP contribution >= 0.6 is 0 Å². The van der Waals surface area contributed by atoms with Crippen LogP contribution in [0.2, 0.25) is 0 Å². The number of nitrogens with two attached hydrogens (primary N) is 1. The van der Waals surface area contributed by atoms with E-state index in [4.69, 9.17) is 5.73 Å². The Bertz CT molecular complexity index is 710. The summed E-state index contributed by atoms with van der Waals surface area (Å²) in [5, 5.41) is 10.7. The fourth-order valence-electron chi connectivity index (χ4n) is 2.36. The molecule has 0 bridgehead atoms. The summed E-state index contributed by atoms with van der Waals surface area (Å²) in [7, 11) is -2.95. The Labute approximate surface area is 110 Å². The monoisotopic (exact) mass is 282 g/mol. The third kappa shape index (κ3) is 2.35. The molecule has 0 aliphatic carbocycles. The molecule has 7 nitrogen and oxygen atoms in total. The summed E-state index contributed by atoms with van der Waals surface area (Å²) < 4.78 is 27.9. The van der Waals surface area contributed by atoms with E-state index in [-0.39, 0.29) is 17.5 Å². The summed E-state index contributed by atoms with van der Waals surface area (Å²) in [4.78, 5) is 0. The van der Waals surface area contributed by atoms with Gasteiger partial charge in [-0.2, -0.15) is 0 Å². The average molecular weight is 282 g/mol. The van der Waals surface area contributed by atoms with E-state index in [2.05, 4.69) is 20.3 Å². The van der Waals surface area contributed by atoms with Gasteiger partial charge >= 0.3 is 0 Å². The Morgan fingerprint density at radius 1 is 1.32 bits per heavy atom. The van der Waals surface area contributed by atoms with Gasteiger partial charge in [-0.15, -0.1) is 0 Å². The average Bonchev–Trinajstić information content (AvgIpc) is 2.82. The fourth-order valence-corrected chi connectivity index (χ4v) is 3.99. The predicted molar refractivity (Wildman–Crippen MR) is 71.5 cm³/mol. The van der Waals surface area contributed by atoms with E-state index in [9.17, 15) is 8.42 Å². The van der Waals surface area contributed by atoms with Crippen molar-refractivity contribution in [2.24, 2.45) is 0 Å². The van der Waals surface area contributed by atoms with Crippen LogP contribution in [0.3, 0.4) is 0 Å². The van der Waals surface area contributed by atoms with E-state index >= 15 is 0 Å². The van der Waals surface area contributed by atoms with Crippen molar-refractivity contribution in [3.8, 4) is 0 Å². The van der Waals surface area contributed by atoms with Crippen LogP contribution in [0, 0.1) is 0 Å². The van der Waals surface area contributed by atoms with E-state index in [1.165, 1.54) is 0 Å². The van der Waals surface area contributed by atoms with Gasteiger partial charge in [-0.25, -0.2) is 13.0 Å². The summed E-state index contributed by atoms with van der Waals surface area (Å²) in [5.74, 6) is 0.415. The standard InChI is InChI=1S/C11H14N4O3S/c12-8-3-4-9(11-10(8)14-18-15-11)13-7-2-1-5-19(16,17)6-7/h3-4,7,13H,1-2,5-6,12H2. The zero-order valence-corrected chi connectivity index (χ0v) is 11.0. The highest BCUT2D eigenvalue weighted by molar-refractivity contribution is 7.91. The van der Waals surface area contributed by atoms with Crippen LogP contribution in [-0.2, 0) is 9.84 Å². The lowest BCUT2D eigenvalue weighted by atomic mass is 10.1. The highest BCUT2D eigenvalue weighted by atomic mass is 32.2. The summed E-state index contributed by atoms with van der Waals surface area (Å²) in [6.07, 6.45) is 1.49. The first-order valence-corrected chi connectivity index (χ1v) is 7.85. The minimum absolute atomic E-state index is 0.109. The number of aromatic nitrogens is 2. The van der Waals surface area contributed by atoms with Gasteiger partial charge < -0.3 is 11.1 Å². The fraction of sp³-hybridized carbons (Fsp3) is 0.455. The van der Waals surface area contributed by atoms with Crippen LogP contribution < -0.4 is 11.1 Å². The molecule has 1 aromatic carbocycles. The summed E-state index contributed by atoms with van der Waals surface area (Å²) in [6, 6.07) is 3.36. The largest absolute Gasteiger partial charge is 0.397 e. The molecule has 1 aliphatic heterocycles. The number of sulfone groups is 1. The van der Waals surface area contributed by atoms with Crippen molar-refractivity contribution < 1.29 is 13.0 Å². The Kier molecular flexibility index (Phi) is 2.81. The highest BCUT2D eigenvalue weighted by Crippen LogP contribution is 2.27. The lowest BCUT2D eigenvalue weighted by Crippen LogP contribution is -2.34. The first kappa shape index (κ1) is 12.2. The van der Waals surface area contributed by atoms with Gasteiger partial charge in [-0.05, 0) is 35.3 Å². The lowest BCUT2D eigenvalue weighted by Gasteiger charge is -2.24. The minimum Gasteiger partial charge on any atom is -0.397 e. The number of hydrogen-bond donors (Lipinski definition) is 2. The molecular weight excluding hydrogens is 268 g/mol. The molecule has 1 unspecified atom stereocenters. The van der Waals surface area contributed by atoms with Gasteiger partial charge in [0.1, 0.15) is 0 Å². The third-order valence-electron chi connectivity index (χ3n) is 3.27. The molecule has 3 N–H and O–H groups in total. The Morgan fingerprint density at radius 3 is 2.89 bits per heavy atom. The lowest BCUT2D eigenvalue weighted by molar-refractivity contribution is 0.315. The second kappa shape index (κ2) is 4.37. The van der Waals surface area contributed by atoms with Crippen LogP contribution in [0.15, 0.2) is 16.8 Å². The molecule has 1 atom stereocenters. The molecule has 0 saturated carbocycles. The molecule has 102 valence electrons. The summed E-state index contributed by atoms with van der Waals surface area (Å²) >= 11 is 0. The quantitative estimate of drug-likeness (QED) is 0.783. The zero-order chi connectivity index (χ0) is 13.5. The Balaban J connectivity index is 1.89. The molecule has 1 aliphatic rings. The van der Waals surface area contributed by atoms with Gasteiger partial charge in [0, 0.05) is 6.04 Å². The Hall–Kier alpha value is -1.83. The molecule has 19 heavy (non-hydrogen) atoms. The number of nitrogens with zero attached hydrogens (tertiary/aromatic N) is 2. The molecule has 0 spiro atoms. The Morgan fingerprint density at radius 2 is 2.11 bits per heavy atom. The van der Waals surface area contributed by atoms with Gasteiger partial charge in [-0.1, -0.05) is 0 Å². The molecule has 1 fully saturated rings. The highest BCUT2D eigenvalue weighted by Gasteiger charge is 2.25. The van der Waals surface area contributed by atoms with Crippen molar-refractivity contribution in [1.29, 1.82) is 0 Å². The van der Waals surface area contributed by atoms with Crippen LogP contribution in [0.25, 0.3) is 11.0 Å². The molecule has 0 amide bonds. The number of nitrogens with one attached hydrogen (secondary N) is 1. The van der Waals surface area contributed by atoms with E-state index in [0.717, 1.165) is 6.42 Å². The van der Waals surface area contributed by atoms with Crippen LogP contribution in [0.5, 0.6) is 0 Å². The number of fused-ring (bicyclic) bond motifs is 1. The molecule has 1 aromatic heterocycles. The number of benzene rings is 1. The van der Waals surface area contributed by atoms with Crippen LogP contribution in [0.4, 0.5) is 11.4 Å². The zero-order valence-electron chi connectivity index (χ0n) is 10.2. The van der Waals surface area contributed by atoms with Gasteiger partial charge in [0.25, 0.3) is 0 Å². The van der Waals surface area contributed by atoms with Crippen LogP contribution in [0.1, 0.15) is 12.8 Å². The second-order valence-corrected chi connectivity index (χ2v) is 6.99. The molecule has 8 heteroatoms. The normalized spacial score (nSPS) is 22.4. The van der Waals surface area contributed by atoms with E-state index in [1.807, 2.05) is 0 Å². The summed E-state index contributed by atoms with van der Waals surface area (Å²) in [6.45, 7) is 0. The van der Waals surface area contributed by atoms with Crippen molar-refractivity contribution in [2.45, 2.75) is 18.9 Å². The van der Waals surface area contributed by atoms with Gasteiger partial charge in [0.2, 0.25) is 0 Å². The SMILES string of the molecule is Nc1ccc(NC2CCCS(=O)(=O)C2)c2nonc12. The van der Waals surface area contributed by atoms with Gasteiger partial charge in [0.15, 0.2) is 20.9 Å². The number of rotatable bonds is 2. The molecule has 2 heterocycles. The molecule has 0 radical (unpaired) electrons. The number of anilines is 2. The second-order valence-electron chi connectivity index (χ2n) is 4.76. The van der Waals surface area contributed by atoms with Crippen molar-refractivity contribution >= 4 is 32.2 Å². The van der Waals surface area contributed by atoms with Gasteiger partial charge in [-0.3, -0.25) is 0 Å². The summed E-state index contributed by atoms with van der Waals surface area (Å²) in [5.41, 5.74) is 7.97. The molecule has 2 aromatic rings. The maximum atomic E-state index is 11.6. The topological polar surface area (TPSA) is 111 Å². The van der Waals surface area contributed by atoms with Crippen molar-refractivity contribution in [2.75, 3.05) is 22.6 Å². The number of nitrogen functional groups attached to an aromatic ring is 1.